The number of halogens is 1. The van der Waals surface area contributed by atoms with Crippen molar-refractivity contribution in [2.75, 3.05) is 32.7 Å². The third kappa shape index (κ3) is 9.53. The van der Waals surface area contributed by atoms with Gasteiger partial charge in [0.25, 0.3) is 0 Å². The number of piperidine rings is 2. The number of carbonyl (C=O) groups excluding carboxylic acids is 3. The van der Waals surface area contributed by atoms with E-state index in [1.54, 1.807) is 6.92 Å². The van der Waals surface area contributed by atoms with Gasteiger partial charge in [-0.05, 0) is 66.8 Å². The molecule has 3 N–H and O–H groups in total. The second-order valence-electron chi connectivity index (χ2n) is 12.8. The summed E-state index contributed by atoms with van der Waals surface area (Å²) < 4.78 is 0. The Bertz CT molecular complexity index is 1240. The summed E-state index contributed by atoms with van der Waals surface area (Å²) in [5.41, 5.74) is 8.94. The molecule has 2 fully saturated rings. The molecule has 2 aromatic rings. The van der Waals surface area contributed by atoms with Gasteiger partial charge in [-0.15, -0.1) is 0 Å². The van der Waals surface area contributed by atoms with Crippen LogP contribution in [0.15, 0.2) is 48.5 Å². The minimum Gasteiger partial charge on any atom is -0.344 e. The van der Waals surface area contributed by atoms with Gasteiger partial charge in [0.2, 0.25) is 17.7 Å². The second kappa shape index (κ2) is 16.4. The van der Waals surface area contributed by atoms with Crippen molar-refractivity contribution in [2.45, 2.75) is 90.4 Å². The van der Waals surface area contributed by atoms with Gasteiger partial charge in [-0.25, -0.2) is 0 Å². The average Bonchev–Trinajstić information content (AvgIpc) is 3.03. The van der Waals surface area contributed by atoms with Crippen LogP contribution < -0.4 is 11.1 Å². The molecule has 2 aliphatic heterocycles. The van der Waals surface area contributed by atoms with E-state index in [9.17, 15) is 14.4 Å². The van der Waals surface area contributed by atoms with E-state index < -0.39 is 6.04 Å². The lowest BCUT2D eigenvalue weighted by Gasteiger charge is -2.46. The molecule has 0 bridgehead atoms. The van der Waals surface area contributed by atoms with Crippen molar-refractivity contribution in [1.82, 2.24) is 20.0 Å². The van der Waals surface area contributed by atoms with Gasteiger partial charge in [-0.2, -0.15) is 0 Å². The van der Waals surface area contributed by atoms with Gasteiger partial charge in [0.1, 0.15) is 6.04 Å². The minimum atomic E-state index is -0.646. The maximum absolute atomic E-state index is 14.0. The Morgan fingerprint density at radius 3 is 2.02 bits per heavy atom. The molecule has 0 saturated carbocycles. The van der Waals surface area contributed by atoms with Gasteiger partial charge in [-0.1, -0.05) is 61.8 Å². The van der Waals surface area contributed by atoms with E-state index >= 15 is 0 Å². The van der Waals surface area contributed by atoms with Crippen LogP contribution in [0.25, 0.3) is 0 Å². The van der Waals surface area contributed by atoms with Gasteiger partial charge in [0, 0.05) is 76.1 Å². The van der Waals surface area contributed by atoms with Crippen LogP contribution in [0.3, 0.4) is 0 Å². The smallest absolute Gasteiger partial charge is 0.245 e. The van der Waals surface area contributed by atoms with Gasteiger partial charge in [0.15, 0.2) is 0 Å². The molecule has 0 spiro atoms. The number of likely N-dealkylation sites (tertiary alicyclic amines) is 2. The molecule has 2 aromatic carbocycles. The quantitative estimate of drug-likeness (QED) is 0.365. The zero-order valence-electron chi connectivity index (χ0n) is 26.6. The largest absolute Gasteiger partial charge is 0.344 e. The van der Waals surface area contributed by atoms with Crippen LogP contribution in [0.2, 0.25) is 5.02 Å². The highest BCUT2D eigenvalue weighted by Crippen LogP contribution is 2.26. The topological polar surface area (TPSA) is 99.0 Å². The van der Waals surface area contributed by atoms with Crippen molar-refractivity contribution < 1.29 is 14.4 Å². The summed E-state index contributed by atoms with van der Waals surface area (Å²) in [7, 11) is 0. The Morgan fingerprint density at radius 2 is 1.48 bits per heavy atom. The minimum absolute atomic E-state index is 0.0284. The standard InChI is InChI=1S/C35H50ClN5O3/c1-25(2)24-41(31-14-18-39(19-15-31)26(3)42)32-16-20-40(21-17-32)35(44)33(22-27-8-11-30(36)12-9-27)38-34(43)13-10-28-6-4-5-7-29(28)23-37/h4-9,11-12,25,31-33H,10,13-24,37H2,1-3H3,(H,38,43)/t33-/m1/s1. The van der Waals surface area contributed by atoms with E-state index in [1.165, 1.54) is 0 Å². The molecule has 3 amide bonds. The number of amides is 3. The van der Waals surface area contributed by atoms with Gasteiger partial charge < -0.3 is 20.9 Å². The van der Waals surface area contributed by atoms with E-state index in [2.05, 4.69) is 24.1 Å². The summed E-state index contributed by atoms with van der Waals surface area (Å²) >= 11 is 6.11. The van der Waals surface area contributed by atoms with Crippen LogP contribution in [0.1, 0.15) is 69.6 Å². The average molecular weight is 624 g/mol. The molecule has 0 aromatic heterocycles. The third-order valence-corrected chi connectivity index (χ3v) is 9.40. The molecular weight excluding hydrogens is 574 g/mol. The van der Waals surface area contributed by atoms with E-state index in [1.807, 2.05) is 58.3 Å². The first-order valence-corrected chi connectivity index (χ1v) is 16.6. The number of aryl methyl sites for hydroxylation is 1. The molecular formula is C35H50ClN5O3. The Labute approximate surface area is 268 Å². The van der Waals surface area contributed by atoms with Crippen molar-refractivity contribution in [1.29, 1.82) is 0 Å². The summed E-state index contributed by atoms with van der Waals surface area (Å²) in [5, 5.41) is 3.71. The van der Waals surface area contributed by atoms with Crippen LogP contribution >= 0.6 is 11.6 Å². The molecule has 0 unspecified atom stereocenters. The molecule has 9 heteroatoms. The fourth-order valence-corrected chi connectivity index (χ4v) is 6.87. The number of carbonyl (C=O) groups is 3. The van der Waals surface area contributed by atoms with Crippen molar-refractivity contribution in [3.05, 3.63) is 70.2 Å². The Morgan fingerprint density at radius 1 is 0.909 bits per heavy atom. The maximum Gasteiger partial charge on any atom is 0.245 e. The third-order valence-electron chi connectivity index (χ3n) is 9.15. The van der Waals surface area contributed by atoms with Crippen LogP contribution in [0, 0.1) is 5.92 Å². The summed E-state index contributed by atoms with van der Waals surface area (Å²) in [4.78, 5) is 45.6. The molecule has 2 saturated heterocycles. The van der Waals surface area contributed by atoms with E-state index in [0.717, 1.165) is 62.0 Å². The fourth-order valence-electron chi connectivity index (χ4n) is 6.74. The molecule has 8 nitrogen and oxygen atoms in total. The zero-order chi connectivity index (χ0) is 31.6. The number of nitrogens with two attached hydrogens (primary N) is 1. The molecule has 0 aliphatic carbocycles. The highest BCUT2D eigenvalue weighted by Gasteiger charge is 2.35. The molecule has 240 valence electrons. The fraction of sp³-hybridized carbons (Fsp3) is 0.571. The summed E-state index contributed by atoms with van der Waals surface area (Å²) in [6.45, 7) is 10.6. The van der Waals surface area contributed by atoms with E-state index in [4.69, 9.17) is 17.3 Å². The number of hydrogen-bond donors (Lipinski definition) is 2. The van der Waals surface area contributed by atoms with Crippen molar-refractivity contribution >= 4 is 29.3 Å². The van der Waals surface area contributed by atoms with Gasteiger partial charge >= 0.3 is 0 Å². The molecule has 2 heterocycles. The Balaban J connectivity index is 1.39. The predicted octanol–water partition coefficient (Wildman–Crippen LogP) is 4.42. The number of hydrogen-bond acceptors (Lipinski definition) is 5. The molecule has 1 atom stereocenters. The lowest BCUT2D eigenvalue weighted by atomic mass is 9.94. The first kappa shape index (κ1) is 33.9. The molecule has 44 heavy (non-hydrogen) atoms. The van der Waals surface area contributed by atoms with Gasteiger partial charge in [0.05, 0.1) is 0 Å². The Kier molecular flexibility index (Phi) is 12.6. The SMILES string of the molecule is CC(=O)N1CCC(N(CC(C)C)C2CCN(C(=O)[C@@H](Cc3ccc(Cl)cc3)NC(=O)CCc3ccccc3CN)CC2)CC1. The second-order valence-corrected chi connectivity index (χ2v) is 13.2. The van der Waals surface area contributed by atoms with E-state index in [0.29, 0.717) is 55.5 Å². The van der Waals surface area contributed by atoms with Crippen LogP contribution in [0.5, 0.6) is 0 Å². The number of benzene rings is 2. The van der Waals surface area contributed by atoms with E-state index in [-0.39, 0.29) is 24.1 Å². The zero-order valence-corrected chi connectivity index (χ0v) is 27.4. The van der Waals surface area contributed by atoms with Crippen LogP contribution in [-0.2, 0) is 33.8 Å². The normalized spacial score (nSPS) is 17.2. The summed E-state index contributed by atoms with van der Waals surface area (Å²) in [6, 6.07) is 15.6. The lowest BCUT2D eigenvalue weighted by Crippen LogP contribution is -2.56. The molecule has 2 aliphatic rings. The summed E-state index contributed by atoms with van der Waals surface area (Å²) in [6.07, 6.45) is 5.08. The highest BCUT2D eigenvalue weighted by atomic mass is 35.5. The molecule has 0 radical (unpaired) electrons. The van der Waals surface area contributed by atoms with Crippen molar-refractivity contribution in [3.8, 4) is 0 Å². The highest BCUT2D eigenvalue weighted by molar-refractivity contribution is 6.30. The first-order chi connectivity index (χ1) is 21.1. The first-order valence-electron chi connectivity index (χ1n) is 16.2. The van der Waals surface area contributed by atoms with Crippen molar-refractivity contribution in [2.24, 2.45) is 11.7 Å². The lowest BCUT2D eigenvalue weighted by molar-refractivity contribution is -0.138. The number of nitrogens with one attached hydrogen (secondary N) is 1. The summed E-state index contributed by atoms with van der Waals surface area (Å²) in [5.74, 6) is 0.529. The number of rotatable bonds is 12. The van der Waals surface area contributed by atoms with Crippen molar-refractivity contribution in [3.63, 3.8) is 0 Å². The monoisotopic (exact) mass is 623 g/mol. The predicted molar refractivity (Wildman–Crippen MR) is 176 cm³/mol. The van der Waals surface area contributed by atoms with Crippen LogP contribution in [-0.4, -0.2) is 83.3 Å². The van der Waals surface area contributed by atoms with Gasteiger partial charge in [-0.3, -0.25) is 19.3 Å². The number of nitrogens with zero attached hydrogens (tertiary/aromatic N) is 3. The molecule has 4 rings (SSSR count). The van der Waals surface area contributed by atoms with Crippen LogP contribution in [0.4, 0.5) is 0 Å². The maximum atomic E-state index is 14.0. The Hall–Kier alpha value is -2.94.